The molecular weight excluding hydrogens is 270 g/mol. The van der Waals surface area contributed by atoms with Crippen molar-refractivity contribution in [3.8, 4) is 0 Å². The molecule has 0 spiro atoms. The Morgan fingerprint density at radius 1 is 0.917 bits per heavy atom. The van der Waals surface area contributed by atoms with Crippen molar-refractivity contribution < 1.29 is 12.4 Å². The molecule has 0 amide bonds. The standard InChI is InChI=1S/2C5H9.ClH.In/c2*1-4-5(2)3;;/h2*4H,1H2,2-3H3;1H;/q;;;+1/p-1. The molecule has 0 N–H and O–H groups in total. The molecular formula is C10H18ClIn. The van der Waals surface area contributed by atoms with Gasteiger partial charge in [-0.25, -0.2) is 0 Å². The molecule has 0 heterocycles. The molecule has 12 heavy (non-hydrogen) atoms. The first-order valence-corrected chi connectivity index (χ1v) is 8.87. The van der Waals surface area contributed by atoms with E-state index in [9.17, 15) is 0 Å². The van der Waals surface area contributed by atoms with Gasteiger partial charge in [-0.2, -0.15) is 0 Å². The molecule has 0 nitrogen and oxygen atoms in total. The maximum atomic E-state index is 2.39. The number of allylic oxidation sites excluding steroid dienone is 4. The molecule has 0 radical (unpaired) electrons. The summed E-state index contributed by atoms with van der Waals surface area (Å²) < 4.78 is 2.84. The van der Waals surface area contributed by atoms with Gasteiger partial charge in [0, 0.05) is 0 Å². The van der Waals surface area contributed by atoms with Gasteiger partial charge in [-0.05, 0) is 0 Å². The molecule has 0 aromatic carbocycles. The van der Waals surface area contributed by atoms with Crippen molar-refractivity contribution in [2.75, 3.05) is 0 Å². The fraction of sp³-hybridized carbons (Fsp3) is 0.600. The smallest absolute Gasteiger partial charge is 1.00 e. The SMILES string of the molecule is CC(C)=C[CH2][In+][CH2]C=C(C)C.[Cl-]. The largest absolute Gasteiger partial charge is 1.00 e. The summed E-state index contributed by atoms with van der Waals surface area (Å²) in [4.78, 5) is 0. The van der Waals surface area contributed by atoms with Gasteiger partial charge >= 0.3 is 82.3 Å². The van der Waals surface area contributed by atoms with Crippen molar-refractivity contribution in [1.29, 1.82) is 0 Å². The molecule has 0 saturated heterocycles. The molecule has 0 aromatic rings. The average Bonchev–Trinajstić information content (AvgIpc) is 1.85. The van der Waals surface area contributed by atoms with Crippen LogP contribution in [0.3, 0.4) is 0 Å². The average molecular weight is 289 g/mol. The second-order valence-corrected chi connectivity index (χ2v) is 7.66. The van der Waals surface area contributed by atoms with Crippen LogP contribution in [0, 0.1) is 0 Å². The third-order valence-corrected chi connectivity index (χ3v) is 4.63. The molecule has 0 aromatic heterocycles. The molecule has 0 aliphatic rings. The van der Waals surface area contributed by atoms with Gasteiger partial charge in [0.15, 0.2) is 0 Å². The Morgan fingerprint density at radius 3 is 1.50 bits per heavy atom. The van der Waals surface area contributed by atoms with Gasteiger partial charge in [0.2, 0.25) is 0 Å². The van der Waals surface area contributed by atoms with Crippen molar-refractivity contribution in [3.63, 3.8) is 0 Å². The summed E-state index contributed by atoms with van der Waals surface area (Å²) in [5.74, 6) is 0. The fourth-order valence-electron chi connectivity index (χ4n) is 0.734. The summed E-state index contributed by atoms with van der Waals surface area (Å²) in [6.07, 6.45) is 4.78. The Morgan fingerprint density at radius 2 is 1.25 bits per heavy atom. The zero-order valence-corrected chi connectivity index (χ0v) is 12.6. The van der Waals surface area contributed by atoms with E-state index in [1.54, 1.807) is 0 Å². The fourth-order valence-corrected chi connectivity index (χ4v) is 4.93. The monoisotopic (exact) mass is 288 g/mol. The van der Waals surface area contributed by atoms with E-state index in [1.807, 2.05) is 0 Å². The second-order valence-electron chi connectivity index (χ2n) is 3.32. The van der Waals surface area contributed by atoms with E-state index in [4.69, 9.17) is 0 Å². The Kier molecular flexibility index (Phi) is 12.3. The minimum atomic E-state index is -0.237. The van der Waals surface area contributed by atoms with Gasteiger partial charge in [0.05, 0.1) is 0 Å². The summed E-state index contributed by atoms with van der Waals surface area (Å²) >= 11 is -0.237. The third kappa shape index (κ3) is 13.2. The molecule has 0 aliphatic heterocycles. The van der Waals surface area contributed by atoms with Crippen molar-refractivity contribution in [2.24, 2.45) is 0 Å². The van der Waals surface area contributed by atoms with Gasteiger partial charge in [-0.15, -0.1) is 0 Å². The molecule has 0 fully saturated rings. The minimum absolute atomic E-state index is 0. The van der Waals surface area contributed by atoms with E-state index in [1.165, 1.54) is 19.5 Å². The number of hydrogen-bond donors (Lipinski definition) is 0. The van der Waals surface area contributed by atoms with E-state index in [-0.39, 0.29) is 35.3 Å². The predicted molar refractivity (Wildman–Crippen MR) is 54.2 cm³/mol. The zero-order valence-electron chi connectivity index (χ0n) is 8.52. The molecule has 68 valence electrons. The maximum absolute atomic E-state index is 2.39. The van der Waals surface area contributed by atoms with Crippen LogP contribution < -0.4 is 12.4 Å². The predicted octanol–water partition coefficient (Wildman–Crippen LogP) is 0.464. The van der Waals surface area contributed by atoms with Gasteiger partial charge in [0.1, 0.15) is 0 Å². The Hall–Kier alpha value is 0.640. The van der Waals surface area contributed by atoms with E-state index in [0.717, 1.165) is 0 Å². The van der Waals surface area contributed by atoms with Crippen LogP contribution in [0.4, 0.5) is 0 Å². The molecule has 0 saturated carbocycles. The summed E-state index contributed by atoms with van der Waals surface area (Å²) in [6, 6.07) is 0. The van der Waals surface area contributed by atoms with Crippen molar-refractivity contribution >= 4 is 22.9 Å². The minimum Gasteiger partial charge on any atom is -1.00 e. The van der Waals surface area contributed by atoms with Crippen molar-refractivity contribution in [3.05, 3.63) is 23.3 Å². The molecule has 0 rings (SSSR count). The Labute approximate surface area is 94.3 Å². The van der Waals surface area contributed by atoms with Gasteiger partial charge in [-0.1, -0.05) is 0 Å². The number of rotatable bonds is 4. The summed E-state index contributed by atoms with van der Waals surface area (Å²) in [5.41, 5.74) is 2.96. The van der Waals surface area contributed by atoms with Crippen molar-refractivity contribution in [2.45, 2.75) is 36.0 Å². The molecule has 0 aliphatic carbocycles. The Bertz CT molecular complexity index is 133. The van der Waals surface area contributed by atoms with Crippen LogP contribution in [0.25, 0.3) is 0 Å². The van der Waals surface area contributed by atoms with Crippen LogP contribution >= 0.6 is 0 Å². The molecule has 0 atom stereocenters. The summed E-state index contributed by atoms with van der Waals surface area (Å²) in [5, 5.41) is 0. The summed E-state index contributed by atoms with van der Waals surface area (Å²) in [6.45, 7) is 8.74. The quantitative estimate of drug-likeness (QED) is 0.521. The van der Waals surface area contributed by atoms with Crippen LogP contribution in [0.1, 0.15) is 27.7 Å². The third-order valence-electron chi connectivity index (χ3n) is 1.39. The molecule has 0 unspecified atom stereocenters. The van der Waals surface area contributed by atoms with E-state index in [2.05, 4.69) is 39.8 Å². The zero-order chi connectivity index (χ0) is 8.69. The maximum Gasteiger partial charge on any atom is -1.00 e. The molecule has 2 heteroatoms. The van der Waals surface area contributed by atoms with Crippen LogP contribution in [0.2, 0.25) is 8.35 Å². The second kappa shape index (κ2) is 9.73. The van der Waals surface area contributed by atoms with Gasteiger partial charge in [0.25, 0.3) is 0 Å². The van der Waals surface area contributed by atoms with E-state index >= 15 is 0 Å². The first-order valence-electron chi connectivity index (χ1n) is 4.21. The van der Waals surface area contributed by atoms with Gasteiger partial charge in [-0.3, -0.25) is 0 Å². The van der Waals surface area contributed by atoms with Crippen LogP contribution in [0.5, 0.6) is 0 Å². The Balaban J connectivity index is 0. The van der Waals surface area contributed by atoms with E-state index in [0.29, 0.717) is 0 Å². The van der Waals surface area contributed by atoms with E-state index < -0.39 is 0 Å². The first kappa shape index (κ1) is 15.1. The molecule has 0 bridgehead atoms. The first-order chi connectivity index (χ1) is 5.13. The van der Waals surface area contributed by atoms with Crippen LogP contribution in [0.15, 0.2) is 23.3 Å². The van der Waals surface area contributed by atoms with Crippen LogP contribution in [-0.4, -0.2) is 22.9 Å². The topological polar surface area (TPSA) is 0 Å². The number of hydrogen-bond acceptors (Lipinski definition) is 0. The van der Waals surface area contributed by atoms with Crippen LogP contribution in [-0.2, 0) is 0 Å². The van der Waals surface area contributed by atoms with Gasteiger partial charge < -0.3 is 12.4 Å². The van der Waals surface area contributed by atoms with Crippen molar-refractivity contribution in [1.82, 2.24) is 0 Å². The normalized spacial score (nSPS) is 7.67. The summed E-state index contributed by atoms with van der Waals surface area (Å²) in [7, 11) is 0. The number of halogens is 1.